The minimum atomic E-state index is -0.386. The number of carbonyl (C=O) groups excluding carboxylic acids is 2. The summed E-state index contributed by atoms with van der Waals surface area (Å²) < 4.78 is 16.0. The highest BCUT2D eigenvalue weighted by molar-refractivity contribution is 6.30. The largest absolute Gasteiger partial charge is 0.490 e. The molecule has 0 atom stereocenters. The van der Waals surface area contributed by atoms with Gasteiger partial charge in [-0.1, -0.05) is 23.2 Å². The average molecular weight is 453 g/mol. The molecule has 7 nitrogen and oxygen atoms in total. The van der Waals surface area contributed by atoms with E-state index in [9.17, 15) is 9.59 Å². The minimum absolute atomic E-state index is 0.0757. The van der Waals surface area contributed by atoms with Crippen LogP contribution in [0.5, 0.6) is 11.5 Å². The molecule has 0 unspecified atom stereocenters. The summed E-state index contributed by atoms with van der Waals surface area (Å²) in [6.07, 6.45) is -0.386. The monoisotopic (exact) mass is 452 g/mol. The summed E-state index contributed by atoms with van der Waals surface area (Å²) in [5, 5.41) is 4.04. The molecule has 1 aliphatic heterocycles. The van der Waals surface area contributed by atoms with Crippen molar-refractivity contribution in [1.29, 1.82) is 0 Å². The van der Waals surface area contributed by atoms with Gasteiger partial charge >= 0.3 is 6.09 Å². The maximum Gasteiger partial charge on any atom is 0.409 e. The lowest BCUT2D eigenvalue weighted by Crippen LogP contribution is -2.54. The van der Waals surface area contributed by atoms with Gasteiger partial charge in [-0.25, -0.2) is 4.79 Å². The number of nitrogens with one attached hydrogen (secondary N) is 1. The Labute approximate surface area is 184 Å². The number of ether oxygens (including phenoxy) is 3. The Morgan fingerprint density at radius 3 is 2.07 bits per heavy atom. The molecule has 30 heavy (non-hydrogen) atoms. The molecule has 1 saturated heterocycles. The van der Waals surface area contributed by atoms with Crippen molar-refractivity contribution in [2.75, 3.05) is 39.5 Å². The number of benzene rings is 2. The lowest BCUT2D eigenvalue weighted by atomic mass is 10.0. The molecule has 0 saturated carbocycles. The van der Waals surface area contributed by atoms with Crippen LogP contribution in [0.1, 0.15) is 0 Å². The second-order valence-corrected chi connectivity index (χ2v) is 7.61. The summed E-state index contributed by atoms with van der Waals surface area (Å²) in [7, 11) is 0. The SMILES string of the molecule is O=C(COc1ccc(Cl)cc1)NCC1CN(C(=O)OCCOc2ccc(Cl)cc2)C1. The van der Waals surface area contributed by atoms with Gasteiger partial charge in [-0.15, -0.1) is 0 Å². The van der Waals surface area contributed by atoms with Gasteiger partial charge in [-0.2, -0.15) is 0 Å². The lowest BCUT2D eigenvalue weighted by molar-refractivity contribution is -0.123. The van der Waals surface area contributed by atoms with E-state index in [0.717, 1.165) is 0 Å². The first-order chi connectivity index (χ1) is 14.5. The number of amides is 2. The van der Waals surface area contributed by atoms with Gasteiger partial charge in [-0.05, 0) is 48.5 Å². The third kappa shape index (κ3) is 7.00. The third-order valence-electron chi connectivity index (χ3n) is 4.38. The van der Waals surface area contributed by atoms with Gasteiger partial charge in [0, 0.05) is 35.6 Å². The second kappa shape index (κ2) is 10.9. The Bertz CT molecular complexity index is 839. The summed E-state index contributed by atoms with van der Waals surface area (Å²) >= 11 is 11.6. The molecule has 9 heteroatoms. The van der Waals surface area contributed by atoms with Crippen LogP contribution in [0.3, 0.4) is 0 Å². The molecule has 3 rings (SSSR count). The van der Waals surface area contributed by atoms with E-state index in [4.69, 9.17) is 37.4 Å². The molecule has 0 aliphatic carbocycles. The summed E-state index contributed by atoms with van der Waals surface area (Å²) in [4.78, 5) is 25.4. The fourth-order valence-electron chi connectivity index (χ4n) is 2.75. The van der Waals surface area contributed by atoms with E-state index >= 15 is 0 Å². The smallest absolute Gasteiger partial charge is 0.409 e. The number of hydrogen-bond acceptors (Lipinski definition) is 5. The van der Waals surface area contributed by atoms with E-state index in [1.807, 2.05) is 0 Å². The summed E-state index contributed by atoms with van der Waals surface area (Å²) in [6, 6.07) is 13.7. The quantitative estimate of drug-likeness (QED) is 0.587. The molecule has 0 aromatic heterocycles. The highest BCUT2D eigenvalue weighted by Gasteiger charge is 2.31. The van der Waals surface area contributed by atoms with Gasteiger partial charge < -0.3 is 24.4 Å². The van der Waals surface area contributed by atoms with Crippen molar-refractivity contribution in [3.63, 3.8) is 0 Å². The van der Waals surface area contributed by atoms with E-state index in [1.54, 1.807) is 53.4 Å². The molecule has 1 heterocycles. The number of nitrogens with zero attached hydrogens (tertiary/aromatic N) is 1. The molecule has 2 aromatic rings. The zero-order valence-electron chi connectivity index (χ0n) is 16.2. The van der Waals surface area contributed by atoms with Crippen LogP contribution in [0.4, 0.5) is 4.79 Å². The Hall–Kier alpha value is -2.64. The molecule has 2 aromatic carbocycles. The normalized spacial score (nSPS) is 13.3. The number of likely N-dealkylation sites (tertiary alicyclic amines) is 1. The first kappa shape index (κ1) is 22.1. The average Bonchev–Trinajstić information content (AvgIpc) is 2.71. The fourth-order valence-corrected chi connectivity index (χ4v) is 3.00. The van der Waals surface area contributed by atoms with Crippen LogP contribution in [0.15, 0.2) is 48.5 Å². The molecular weight excluding hydrogens is 431 g/mol. The maximum absolute atomic E-state index is 12.0. The van der Waals surface area contributed by atoms with E-state index in [2.05, 4.69) is 5.32 Å². The van der Waals surface area contributed by atoms with E-state index in [1.165, 1.54) is 0 Å². The third-order valence-corrected chi connectivity index (χ3v) is 4.88. The Morgan fingerprint density at radius 1 is 0.900 bits per heavy atom. The minimum Gasteiger partial charge on any atom is -0.490 e. The first-order valence-corrected chi connectivity index (χ1v) is 10.2. The van der Waals surface area contributed by atoms with Gasteiger partial charge in [0.05, 0.1) is 0 Å². The summed E-state index contributed by atoms with van der Waals surface area (Å²) in [5.41, 5.74) is 0. The van der Waals surface area contributed by atoms with Crippen LogP contribution in [-0.2, 0) is 9.53 Å². The van der Waals surface area contributed by atoms with Gasteiger partial charge in [0.15, 0.2) is 6.61 Å². The zero-order valence-corrected chi connectivity index (χ0v) is 17.7. The molecule has 2 amide bonds. The van der Waals surface area contributed by atoms with Crippen molar-refractivity contribution in [2.45, 2.75) is 0 Å². The molecule has 1 fully saturated rings. The number of hydrogen-bond donors (Lipinski definition) is 1. The van der Waals surface area contributed by atoms with Crippen LogP contribution >= 0.6 is 23.2 Å². The highest BCUT2D eigenvalue weighted by Crippen LogP contribution is 2.17. The summed E-state index contributed by atoms with van der Waals surface area (Å²) in [6.45, 7) is 1.89. The predicted molar refractivity (Wildman–Crippen MR) is 113 cm³/mol. The van der Waals surface area contributed by atoms with Gasteiger partial charge in [0.1, 0.15) is 24.7 Å². The molecule has 1 aliphatic rings. The Balaban J connectivity index is 1.22. The van der Waals surface area contributed by atoms with Gasteiger partial charge in [-0.3, -0.25) is 4.79 Å². The van der Waals surface area contributed by atoms with Crippen molar-refractivity contribution in [1.82, 2.24) is 10.2 Å². The van der Waals surface area contributed by atoms with Crippen LogP contribution in [0.25, 0.3) is 0 Å². The van der Waals surface area contributed by atoms with Gasteiger partial charge in [0.2, 0.25) is 0 Å². The van der Waals surface area contributed by atoms with Crippen LogP contribution in [-0.4, -0.2) is 56.4 Å². The number of rotatable bonds is 9. The number of carbonyl (C=O) groups is 2. The van der Waals surface area contributed by atoms with Crippen LogP contribution in [0.2, 0.25) is 10.0 Å². The van der Waals surface area contributed by atoms with Crippen LogP contribution < -0.4 is 14.8 Å². The predicted octanol–water partition coefficient (Wildman–Crippen LogP) is 3.64. The lowest BCUT2D eigenvalue weighted by Gasteiger charge is -2.38. The molecule has 0 radical (unpaired) electrons. The number of halogens is 2. The maximum atomic E-state index is 12.0. The van der Waals surface area contributed by atoms with Crippen molar-refractivity contribution in [3.05, 3.63) is 58.6 Å². The standard InChI is InChI=1S/C21H22Cl2N2O5/c22-16-1-5-18(6-2-16)28-9-10-29-21(27)25-12-15(13-25)11-24-20(26)14-30-19-7-3-17(23)4-8-19/h1-8,15H,9-14H2,(H,24,26). The zero-order chi connectivity index (χ0) is 21.3. The Morgan fingerprint density at radius 2 is 1.47 bits per heavy atom. The van der Waals surface area contributed by atoms with Crippen LogP contribution in [0, 0.1) is 5.92 Å². The summed E-state index contributed by atoms with van der Waals surface area (Å²) in [5.74, 6) is 1.22. The van der Waals surface area contributed by atoms with Crippen molar-refractivity contribution >= 4 is 35.2 Å². The molecule has 160 valence electrons. The first-order valence-electron chi connectivity index (χ1n) is 9.45. The fraction of sp³-hybridized carbons (Fsp3) is 0.333. The molecule has 0 spiro atoms. The van der Waals surface area contributed by atoms with E-state index in [0.29, 0.717) is 41.2 Å². The van der Waals surface area contributed by atoms with Crippen molar-refractivity contribution in [3.8, 4) is 11.5 Å². The highest BCUT2D eigenvalue weighted by atomic mass is 35.5. The van der Waals surface area contributed by atoms with Crippen molar-refractivity contribution < 1.29 is 23.8 Å². The van der Waals surface area contributed by atoms with E-state index in [-0.39, 0.29) is 37.7 Å². The molecular formula is C21H22Cl2N2O5. The van der Waals surface area contributed by atoms with Crippen molar-refractivity contribution in [2.24, 2.45) is 5.92 Å². The molecule has 0 bridgehead atoms. The topological polar surface area (TPSA) is 77.1 Å². The van der Waals surface area contributed by atoms with E-state index < -0.39 is 0 Å². The second-order valence-electron chi connectivity index (χ2n) is 6.73. The van der Waals surface area contributed by atoms with Gasteiger partial charge in [0.25, 0.3) is 5.91 Å². The Kier molecular flexibility index (Phi) is 8.04. The molecule has 1 N–H and O–H groups in total.